The summed E-state index contributed by atoms with van der Waals surface area (Å²) in [4.78, 5) is 11.2. The van der Waals surface area contributed by atoms with Gasteiger partial charge in [0.1, 0.15) is 5.69 Å². The number of amides is 1. The van der Waals surface area contributed by atoms with Crippen molar-refractivity contribution >= 4 is 28.9 Å². The molecule has 1 amide bonds. The van der Waals surface area contributed by atoms with Gasteiger partial charge in [0.25, 0.3) is 5.91 Å². The van der Waals surface area contributed by atoms with Crippen molar-refractivity contribution in [1.82, 2.24) is 15.1 Å². The van der Waals surface area contributed by atoms with Gasteiger partial charge in [-0.05, 0) is 18.6 Å². The van der Waals surface area contributed by atoms with Crippen LogP contribution >= 0.6 is 12.2 Å². The van der Waals surface area contributed by atoms with Gasteiger partial charge >= 0.3 is 0 Å². The van der Waals surface area contributed by atoms with Crippen LogP contribution in [0.1, 0.15) is 16.9 Å². The molecule has 0 aromatic carbocycles. The van der Waals surface area contributed by atoms with Crippen LogP contribution < -0.4 is 16.4 Å². The minimum Gasteiger partial charge on any atom is -0.385 e. The number of anilines is 1. The summed E-state index contributed by atoms with van der Waals surface area (Å²) in [6, 6.07) is 0. The first-order valence-electron chi connectivity index (χ1n) is 5.42. The number of carbonyl (C=O) groups excluding carboxylic acids is 1. The number of thiocarbonyl (C=S) groups is 1. The third kappa shape index (κ3) is 3.97. The molecule has 8 heteroatoms. The monoisotopic (exact) mass is 271 g/mol. The first kappa shape index (κ1) is 14.4. The van der Waals surface area contributed by atoms with Gasteiger partial charge in [0.05, 0.1) is 11.9 Å². The van der Waals surface area contributed by atoms with E-state index in [1.54, 1.807) is 14.2 Å². The molecule has 0 aliphatic carbocycles. The molecule has 0 unspecified atom stereocenters. The lowest BCUT2D eigenvalue weighted by molar-refractivity contribution is 0.0992. The lowest BCUT2D eigenvalue weighted by atomic mass is 10.3. The van der Waals surface area contributed by atoms with E-state index in [9.17, 15) is 4.79 Å². The molecule has 0 spiro atoms. The second-order valence-corrected chi connectivity index (χ2v) is 4.03. The van der Waals surface area contributed by atoms with E-state index in [0.29, 0.717) is 24.0 Å². The average Bonchev–Trinajstić information content (AvgIpc) is 2.66. The number of methoxy groups -OCH3 is 1. The molecule has 1 heterocycles. The van der Waals surface area contributed by atoms with E-state index in [2.05, 4.69) is 15.7 Å². The van der Waals surface area contributed by atoms with E-state index < -0.39 is 5.91 Å². The fraction of sp³-hybridized carbons (Fsp3) is 0.500. The van der Waals surface area contributed by atoms with Crippen molar-refractivity contribution in [1.29, 1.82) is 0 Å². The van der Waals surface area contributed by atoms with Gasteiger partial charge in [-0.3, -0.25) is 9.48 Å². The van der Waals surface area contributed by atoms with Crippen molar-refractivity contribution in [3.8, 4) is 0 Å². The number of ether oxygens (including phenoxy) is 1. The molecule has 0 atom stereocenters. The number of primary amides is 1. The van der Waals surface area contributed by atoms with E-state index >= 15 is 0 Å². The van der Waals surface area contributed by atoms with E-state index in [1.165, 1.54) is 10.9 Å². The highest BCUT2D eigenvalue weighted by Crippen LogP contribution is 2.12. The van der Waals surface area contributed by atoms with Gasteiger partial charge < -0.3 is 21.1 Å². The van der Waals surface area contributed by atoms with E-state index in [4.69, 9.17) is 22.7 Å². The predicted octanol–water partition coefficient (Wildman–Crippen LogP) is -0.158. The van der Waals surface area contributed by atoms with Crippen LogP contribution in [0.25, 0.3) is 0 Å². The molecule has 1 aromatic rings. The van der Waals surface area contributed by atoms with Gasteiger partial charge in [0, 0.05) is 27.3 Å². The molecule has 0 aliphatic rings. The lowest BCUT2D eigenvalue weighted by Gasteiger charge is -2.09. The normalized spacial score (nSPS) is 10.1. The van der Waals surface area contributed by atoms with Crippen LogP contribution in [0.5, 0.6) is 0 Å². The number of nitrogens with one attached hydrogen (secondary N) is 2. The number of aryl methyl sites for hydroxylation is 1. The minimum atomic E-state index is -0.556. The topological polar surface area (TPSA) is 94.2 Å². The van der Waals surface area contributed by atoms with E-state index in [0.717, 1.165) is 6.42 Å². The number of nitrogens with two attached hydrogens (primary N) is 1. The standard InChI is InChI=1S/C10H17N5O2S/c1-15-8(9(11)16)7(6-13-15)14-10(18)12-4-3-5-17-2/h6H,3-5H2,1-2H3,(H2,11,16)(H2,12,14,18). The minimum absolute atomic E-state index is 0.288. The smallest absolute Gasteiger partial charge is 0.269 e. The molecule has 100 valence electrons. The number of hydrogen-bond donors (Lipinski definition) is 3. The van der Waals surface area contributed by atoms with Crippen LogP contribution in [-0.2, 0) is 11.8 Å². The van der Waals surface area contributed by atoms with Crippen molar-refractivity contribution in [3.05, 3.63) is 11.9 Å². The molecule has 4 N–H and O–H groups in total. The molecule has 0 saturated carbocycles. The number of hydrogen-bond acceptors (Lipinski definition) is 4. The average molecular weight is 271 g/mol. The Labute approximate surface area is 111 Å². The van der Waals surface area contributed by atoms with Crippen LogP contribution in [0.4, 0.5) is 5.69 Å². The summed E-state index contributed by atoms with van der Waals surface area (Å²) in [5.74, 6) is -0.556. The van der Waals surface area contributed by atoms with Crippen molar-refractivity contribution in [2.24, 2.45) is 12.8 Å². The third-order valence-electron chi connectivity index (χ3n) is 2.23. The highest BCUT2D eigenvalue weighted by atomic mass is 32.1. The van der Waals surface area contributed by atoms with Crippen molar-refractivity contribution in [2.75, 3.05) is 25.6 Å². The Morgan fingerprint density at radius 1 is 1.67 bits per heavy atom. The number of nitrogens with zero attached hydrogens (tertiary/aromatic N) is 2. The lowest BCUT2D eigenvalue weighted by Crippen LogP contribution is -2.30. The summed E-state index contributed by atoms with van der Waals surface area (Å²) < 4.78 is 6.32. The SMILES string of the molecule is COCCCNC(=S)Nc1cnn(C)c1C(N)=O. The molecule has 7 nitrogen and oxygen atoms in total. The van der Waals surface area contributed by atoms with Gasteiger partial charge in [-0.1, -0.05) is 0 Å². The van der Waals surface area contributed by atoms with Crippen LogP contribution in [0.3, 0.4) is 0 Å². The number of rotatable bonds is 6. The summed E-state index contributed by atoms with van der Waals surface area (Å²) in [7, 11) is 3.28. The fourth-order valence-corrected chi connectivity index (χ4v) is 1.62. The second-order valence-electron chi connectivity index (χ2n) is 3.62. The van der Waals surface area contributed by atoms with Crippen molar-refractivity contribution < 1.29 is 9.53 Å². The molecule has 1 aromatic heterocycles. The van der Waals surface area contributed by atoms with Crippen LogP contribution in [0.15, 0.2) is 6.20 Å². The van der Waals surface area contributed by atoms with Gasteiger partial charge in [0.2, 0.25) is 0 Å². The zero-order valence-corrected chi connectivity index (χ0v) is 11.2. The Bertz CT molecular complexity index is 432. The van der Waals surface area contributed by atoms with Crippen LogP contribution in [-0.4, -0.2) is 41.1 Å². The molecule has 1 rings (SSSR count). The quantitative estimate of drug-likeness (QED) is 0.492. The van der Waals surface area contributed by atoms with Gasteiger partial charge in [-0.2, -0.15) is 5.10 Å². The van der Waals surface area contributed by atoms with Crippen molar-refractivity contribution in [3.63, 3.8) is 0 Å². The first-order valence-corrected chi connectivity index (χ1v) is 5.82. The summed E-state index contributed by atoms with van der Waals surface area (Å²) in [5.41, 5.74) is 6.04. The molecule has 0 bridgehead atoms. The maximum Gasteiger partial charge on any atom is 0.269 e. The van der Waals surface area contributed by atoms with Crippen molar-refractivity contribution in [2.45, 2.75) is 6.42 Å². The Morgan fingerprint density at radius 3 is 3.00 bits per heavy atom. The Balaban J connectivity index is 2.52. The predicted molar refractivity (Wildman–Crippen MR) is 72.4 cm³/mol. The zero-order valence-electron chi connectivity index (χ0n) is 10.4. The van der Waals surface area contributed by atoms with Crippen LogP contribution in [0.2, 0.25) is 0 Å². The van der Waals surface area contributed by atoms with Gasteiger partial charge in [-0.25, -0.2) is 0 Å². The zero-order chi connectivity index (χ0) is 13.5. The van der Waals surface area contributed by atoms with E-state index in [-0.39, 0.29) is 5.69 Å². The highest BCUT2D eigenvalue weighted by Gasteiger charge is 2.14. The molecular weight excluding hydrogens is 254 g/mol. The maximum absolute atomic E-state index is 11.2. The number of aromatic nitrogens is 2. The maximum atomic E-state index is 11.2. The highest BCUT2D eigenvalue weighted by molar-refractivity contribution is 7.80. The largest absolute Gasteiger partial charge is 0.385 e. The second kappa shape index (κ2) is 6.92. The third-order valence-corrected chi connectivity index (χ3v) is 2.48. The summed E-state index contributed by atoms with van der Waals surface area (Å²) in [6.45, 7) is 1.35. The molecule has 0 aliphatic heterocycles. The Morgan fingerprint density at radius 2 is 2.39 bits per heavy atom. The molecule has 18 heavy (non-hydrogen) atoms. The molecule has 0 fully saturated rings. The Hall–Kier alpha value is -1.67. The summed E-state index contributed by atoms with van der Waals surface area (Å²) in [6.07, 6.45) is 2.34. The molecular formula is C10H17N5O2S. The summed E-state index contributed by atoms with van der Waals surface area (Å²) >= 11 is 5.09. The molecule has 0 radical (unpaired) electrons. The first-order chi connectivity index (χ1) is 8.56. The summed E-state index contributed by atoms with van der Waals surface area (Å²) in [5, 5.41) is 10.2. The molecule has 0 saturated heterocycles. The van der Waals surface area contributed by atoms with E-state index in [1.807, 2.05) is 0 Å². The van der Waals surface area contributed by atoms with Gasteiger partial charge in [0.15, 0.2) is 5.11 Å². The van der Waals surface area contributed by atoms with Gasteiger partial charge in [-0.15, -0.1) is 0 Å². The fourth-order valence-electron chi connectivity index (χ4n) is 1.41. The number of carbonyl (C=O) groups is 1. The van der Waals surface area contributed by atoms with Crippen LogP contribution in [0, 0.1) is 0 Å². The Kier molecular flexibility index (Phi) is 5.53.